The summed E-state index contributed by atoms with van der Waals surface area (Å²) in [6, 6.07) is 12.4. The van der Waals surface area contributed by atoms with E-state index in [4.69, 9.17) is 4.74 Å². The average Bonchev–Trinajstić information content (AvgIpc) is 3.29. The van der Waals surface area contributed by atoms with Crippen molar-refractivity contribution in [2.45, 2.75) is 51.4 Å². The van der Waals surface area contributed by atoms with Crippen LogP contribution in [-0.2, 0) is 12.7 Å². The van der Waals surface area contributed by atoms with E-state index < -0.39 is 17.8 Å². The highest BCUT2D eigenvalue weighted by Crippen LogP contribution is 2.31. The third-order valence-electron chi connectivity index (χ3n) is 4.95. The molecule has 2 N–H and O–H groups in total. The van der Waals surface area contributed by atoms with Gasteiger partial charge in [-0.3, -0.25) is 10.4 Å². The maximum atomic E-state index is 13.1. The number of H-pyrrole nitrogens is 1. The van der Waals surface area contributed by atoms with Gasteiger partial charge in [-0.1, -0.05) is 50.5 Å². The Bertz CT molecular complexity index is 911. The summed E-state index contributed by atoms with van der Waals surface area (Å²) in [5, 5.41) is 9.87. The number of nitrogens with one attached hydrogen (secondary N) is 2. The molecule has 0 fully saturated rings. The van der Waals surface area contributed by atoms with Crippen molar-refractivity contribution in [3.05, 3.63) is 77.4 Å². The Morgan fingerprint density at radius 1 is 1.06 bits per heavy atom. The molecule has 31 heavy (non-hydrogen) atoms. The number of ether oxygens (including phenoxy) is 1. The quantitative estimate of drug-likeness (QED) is 0.384. The average molecular weight is 432 g/mol. The smallest absolute Gasteiger partial charge is 0.416 e. The molecule has 0 aliphatic carbocycles. The highest BCUT2D eigenvalue weighted by molar-refractivity contribution is 5.32. The maximum Gasteiger partial charge on any atom is 0.416 e. The molecule has 3 aromatic rings. The van der Waals surface area contributed by atoms with Crippen molar-refractivity contribution < 1.29 is 17.9 Å². The van der Waals surface area contributed by atoms with Crippen LogP contribution in [-0.4, -0.2) is 21.8 Å². The number of aromatic amines is 1. The number of nitrogens with zero attached hydrogens (tertiary/aromatic N) is 2. The molecule has 1 heterocycles. The van der Waals surface area contributed by atoms with E-state index in [1.807, 2.05) is 24.3 Å². The second-order valence-corrected chi connectivity index (χ2v) is 7.36. The number of aromatic nitrogens is 3. The summed E-state index contributed by atoms with van der Waals surface area (Å²) in [7, 11) is 0. The van der Waals surface area contributed by atoms with Gasteiger partial charge < -0.3 is 4.74 Å². The standard InChI is InChI=1S/C23H27F3N4O/c1-2-3-4-5-13-31-20-11-9-17(10-12-20)15-27-21(22-28-16-29-30-22)18-7-6-8-19(14-18)23(24,25)26/h6-12,14,16,21,27H,2-5,13,15H2,1H3,(H,28,29,30)/t21-/m0/s1. The lowest BCUT2D eigenvalue weighted by Gasteiger charge is -2.18. The summed E-state index contributed by atoms with van der Waals surface area (Å²) in [5.41, 5.74) is 0.741. The Kier molecular flexibility index (Phi) is 8.06. The summed E-state index contributed by atoms with van der Waals surface area (Å²) >= 11 is 0. The molecule has 3 rings (SSSR count). The first-order valence-corrected chi connectivity index (χ1v) is 10.4. The van der Waals surface area contributed by atoms with Gasteiger partial charge in [0.2, 0.25) is 0 Å². The van der Waals surface area contributed by atoms with Crippen molar-refractivity contribution in [3.63, 3.8) is 0 Å². The summed E-state index contributed by atoms with van der Waals surface area (Å²) in [4.78, 5) is 4.14. The van der Waals surface area contributed by atoms with Gasteiger partial charge >= 0.3 is 6.18 Å². The molecule has 0 saturated carbocycles. The molecule has 1 aromatic heterocycles. The Morgan fingerprint density at radius 2 is 1.87 bits per heavy atom. The zero-order valence-electron chi connectivity index (χ0n) is 17.5. The monoisotopic (exact) mass is 432 g/mol. The van der Waals surface area contributed by atoms with Crippen LogP contribution in [0.1, 0.15) is 61.2 Å². The molecule has 8 heteroatoms. The van der Waals surface area contributed by atoms with Crippen molar-refractivity contribution in [3.8, 4) is 5.75 Å². The molecule has 0 radical (unpaired) electrons. The molecule has 2 aromatic carbocycles. The van der Waals surface area contributed by atoms with E-state index >= 15 is 0 Å². The van der Waals surface area contributed by atoms with Crippen molar-refractivity contribution in [1.29, 1.82) is 0 Å². The minimum absolute atomic E-state index is 0.443. The molecule has 0 aliphatic rings. The predicted octanol–water partition coefficient (Wildman–Crippen LogP) is 5.66. The zero-order chi connectivity index (χ0) is 22.1. The molecule has 0 amide bonds. The molecular weight excluding hydrogens is 405 g/mol. The topological polar surface area (TPSA) is 62.8 Å². The Balaban J connectivity index is 1.64. The number of rotatable bonds is 11. The fraction of sp³-hybridized carbons (Fsp3) is 0.391. The lowest BCUT2D eigenvalue weighted by molar-refractivity contribution is -0.137. The van der Waals surface area contributed by atoms with Gasteiger partial charge in [0.25, 0.3) is 0 Å². The van der Waals surface area contributed by atoms with Crippen molar-refractivity contribution >= 4 is 0 Å². The Labute approximate surface area is 180 Å². The first-order valence-electron chi connectivity index (χ1n) is 10.4. The fourth-order valence-corrected chi connectivity index (χ4v) is 3.26. The Hall–Kier alpha value is -2.87. The largest absolute Gasteiger partial charge is 0.494 e. The minimum atomic E-state index is -4.41. The summed E-state index contributed by atoms with van der Waals surface area (Å²) < 4.78 is 45.2. The van der Waals surface area contributed by atoms with E-state index in [0.717, 1.165) is 36.3 Å². The molecule has 0 spiro atoms. The van der Waals surface area contributed by atoms with Crippen LogP contribution in [0.2, 0.25) is 0 Å². The summed E-state index contributed by atoms with van der Waals surface area (Å²) in [5.74, 6) is 1.26. The molecule has 5 nitrogen and oxygen atoms in total. The van der Waals surface area contributed by atoms with Crippen molar-refractivity contribution in [1.82, 2.24) is 20.5 Å². The van der Waals surface area contributed by atoms with E-state index in [0.29, 0.717) is 24.5 Å². The summed E-state index contributed by atoms with van der Waals surface area (Å²) in [6.07, 6.45) is 1.53. The van der Waals surface area contributed by atoms with Crippen LogP contribution in [0.25, 0.3) is 0 Å². The number of hydrogen-bond acceptors (Lipinski definition) is 4. The second-order valence-electron chi connectivity index (χ2n) is 7.36. The lowest BCUT2D eigenvalue weighted by atomic mass is 10.0. The first kappa shape index (κ1) is 22.8. The number of halogens is 3. The zero-order valence-corrected chi connectivity index (χ0v) is 17.5. The van der Waals surface area contributed by atoms with Gasteiger partial charge in [0.05, 0.1) is 18.2 Å². The number of hydrogen-bond donors (Lipinski definition) is 2. The van der Waals surface area contributed by atoms with E-state index in [9.17, 15) is 13.2 Å². The van der Waals surface area contributed by atoms with E-state index in [-0.39, 0.29) is 0 Å². The van der Waals surface area contributed by atoms with Crippen LogP contribution in [0.15, 0.2) is 54.9 Å². The van der Waals surface area contributed by atoms with Gasteiger partial charge in [-0.15, -0.1) is 0 Å². The normalized spacial score (nSPS) is 12.6. The van der Waals surface area contributed by atoms with E-state index in [2.05, 4.69) is 27.4 Å². The number of alkyl halides is 3. The van der Waals surface area contributed by atoms with Gasteiger partial charge in [0.15, 0.2) is 0 Å². The predicted molar refractivity (Wildman–Crippen MR) is 113 cm³/mol. The van der Waals surface area contributed by atoms with Crippen LogP contribution in [0.5, 0.6) is 5.75 Å². The second kappa shape index (κ2) is 10.9. The van der Waals surface area contributed by atoms with Crippen LogP contribution in [0, 0.1) is 0 Å². The number of benzene rings is 2. The van der Waals surface area contributed by atoms with Crippen molar-refractivity contribution in [2.24, 2.45) is 0 Å². The van der Waals surface area contributed by atoms with Crippen LogP contribution in [0.3, 0.4) is 0 Å². The van der Waals surface area contributed by atoms with Gasteiger partial charge in [0, 0.05) is 6.54 Å². The highest BCUT2D eigenvalue weighted by atomic mass is 19.4. The van der Waals surface area contributed by atoms with E-state index in [1.54, 1.807) is 6.07 Å². The lowest BCUT2D eigenvalue weighted by Crippen LogP contribution is -2.23. The molecular formula is C23H27F3N4O. The van der Waals surface area contributed by atoms with Crippen LogP contribution < -0.4 is 10.1 Å². The summed E-state index contributed by atoms with van der Waals surface area (Å²) in [6.45, 7) is 3.31. The third-order valence-corrected chi connectivity index (χ3v) is 4.95. The van der Waals surface area contributed by atoms with Crippen molar-refractivity contribution in [2.75, 3.05) is 6.61 Å². The SMILES string of the molecule is CCCCCCOc1ccc(CN[C@@H](c2cccc(C(F)(F)F)c2)c2ncn[nH]2)cc1. The molecule has 0 bridgehead atoms. The maximum absolute atomic E-state index is 13.1. The van der Waals surface area contributed by atoms with Crippen LogP contribution >= 0.6 is 0 Å². The molecule has 0 unspecified atom stereocenters. The minimum Gasteiger partial charge on any atom is -0.494 e. The molecule has 0 aliphatic heterocycles. The Morgan fingerprint density at radius 3 is 2.55 bits per heavy atom. The van der Waals surface area contributed by atoms with Gasteiger partial charge in [0.1, 0.15) is 17.9 Å². The molecule has 1 atom stereocenters. The van der Waals surface area contributed by atoms with E-state index in [1.165, 1.54) is 25.2 Å². The number of unbranched alkanes of at least 4 members (excludes halogenated alkanes) is 3. The first-order chi connectivity index (χ1) is 15.0. The molecule has 166 valence electrons. The van der Waals surface area contributed by atoms with Gasteiger partial charge in [-0.25, -0.2) is 4.98 Å². The highest BCUT2D eigenvalue weighted by Gasteiger charge is 2.31. The van der Waals surface area contributed by atoms with Crippen LogP contribution in [0.4, 0.5) is 13.2 Å². The van der Waals surface area contributed by atoms with Gasteiger partial charge in [-0.05, 0) is 41.8 Å². The van der Waals surface area contributed by atoms with Gasteiger partial charge in [-0.2, -0.15) is 18.3 Å². The molecule has 0 saturated heterocycles. The third kappa shape index (κ3) is 6.82. The fourth-order valence-electron chi connectivity index (χ4n) is 3.26.